The minimum atomic E-state index is -0.552. The highest BCUT2D eigenvalue weighted by atomic mass is 35.5. The first-order chi connectivity index (χ1) is 14.6. The number of nitrogens with zero attached hydrogens (tertiary/aromatic N) is 3. The van der Waals surface area contributed by atoms with Gasteiger partial charge in [0.25, 0.3) is 0 Å². The molecule has 31 heavy (non-hydrogen) atoms. The maximum Gasteiger partial charge on any atom is 0.410 e. The number of ether oxygens (including phenoxy) is 3. The average Bonchev–Trinajstić information content (AvgIpc) is 2.68. The fourth-order valence-electron chi connectivity index (χ4n) is 3.43. The maximum absolute atomic E-state index is 12.5. The summed E-state index contributed by atoms with van der Waals surface area (Å²) in [6, 6.07) is 5.59. The molecular formula is C23H28ClN3O4. The first-order valence-corrected chi connectivity index (χ1v) is 10.8. The van der Waals surface area contributed by atoms with E-state index >= 15 is 0 Å². The van der Waals surface area contributed by atoms with E-state index in [-0.39, 0.29) is 18.3 Å². The van der Waals surface area contributed by atoms with Crippen LogP contribution in [0.1, 0.15) is 53.0 Å². The Morgan fingerprint density at radius 2 is 2.06 bits per heavy atom. The lowest BCUT2D eigenvalue weighted by atomic mass is 10.1. The molecule has 0 unspecified atom stereocenters. The highest BCUT2D eigenvalue weighted by molar-refractivity contribution is 6.35. The van der Waals surface area contributed by atoms with E-state index in [9.17, 15) is 10.1 Å². The zero-order valence-electron chi connectivity index (χ0n) is 18.6. The number of halogens is 1. The Morgan fingerprint density at radius 3 is 2.71 bits per heavy atom. The highest BCUT2D eigenvalue weighted by Gasteiger charge is 2.29. The molecule has 0 bridgehead atoms. The second-order valence-electron chi connectivity index (χ2n) is 8.89. The van der Waals surface area contributed by atoms with Crippen LogP contribution >= 0.6 is 11.6 Å². The average molecular weight is 446 g/mol. The van der Waals surface area contributed by atoms with Crippen molar-refractivity contribution >= 4 is 28.5 Å². The molecule has 1 fully saturated rings. The van der Waals surface area contributed by atoms with Gasteiger partial charge in [-0.15, -0.1) is 0 Å². The summed E-state index contributed by atoms with van der Waals surface area (Å²) in [5.74, 6) is 0.853. The lowest BCUT2D eigenvalue weighted by Crippen LogP contribution is -2.46. The third kappa shape index (κ3) is 5.71. The zero-order valence-corrected chi connectivity index (χ0v) is 19.3. The Bertz CT molecular complexity index is 1010. The van der Waals surface area contributed by atoms with Gasteiger partial charge in [-0.05, 0) is 59.6 Å². The predicted octanol–water partition coefficient (Wildman–Crippen LogP) is 5.33. The van der Waals surface area contributed by atoms with E-state index in [1.165, 1.54) is 6.20 Å². The van der Waals surface area contributed by atoms with Crippen LogP contribution in [0.25, 0.3) is 10.8 Å². The largest absolute Gasteiger partial charge is 0.490 e. The van der Waals surface area contributed by atoms with Crippen molar-refractivity contribution in [3.63, 3.8) is 0 Å². The van der Waals surface area contributed by atoms with Crippen molar-refractivity contribution in [2.24, 2.45) is 0 Å². The lowest BCUT2D eigenvalue weighted by Gasteiger charge is -2.34. The van der Waals surface area contributed by atoms with Crippen LogP contribution in [0.2, 0.25) is 5.02 Å². The summed E-state index contributed by atoms with van der Waals surface area (Å²) < 4.78 is 17.5. The molecule has 1 amide bonds. The van der Waals surface area contributed by atoms with Gasteiger partial charge >= 0.3 is 6.09 Å². The zero-order chi connectivity index (χ0) is 22.8. The van der Waals surface area contributed by atoms with E-state index in [0.29, 0.717) is 46.1 Å². The number of benzene rings is 1. The minimum Gasteiger partial charge on any atom is -0.490 e. The van der Waals surface area contributed by atoms with Crippen molar-refractivity contribution in [1.29, 1.82) is 5.26 Å². The molecule has 1 aromatic carbocycles. The van der Waals surface area contributed by atoms with Gasteiger partial charge in [-0.1, -0.05) is 11.6 Å². The Labute approximate surface area is 187 Å². The third-order valence-electron chi connectivity index (χ3n) is 4.69. The summed E-state index contributed by atoms with van der Waals surface area (Å²) in [5.41, 5.74) is -0.154. The number of piperidine rings is 1. The number of hydrogen-bond acceptors (Lipinski definition) is 6. The molecule has 1 aliphatic rings. The molecule has 1 saturated heterocycles. The van der Waals surface area contributed by atoms with Crippen LogP contribution in [0.4, 0.5) is 4.79 Å². The molecule has 2 heterocycles. The molecule has 1 atom stereocenters. The number of hydrogen-bond donors (Lipinski definition) is 0. The highest BCUT2D eigenvalue weighted by Crippen LogP contribution is 2.36. The van der Waals surface area contributed by atoms with Gasteiger partial charge in [-0.2, -0.15) is 5.26 Å². The molecule has 7 nitrogen and oxygen atoms in total. The number of fused-ring (bicyclic) bond motifs is 1. The van der Waals surface area contributed by atoms with Crippen molar-refractivity contribution in [3.05, 3.63) is 28.9 Å². The number of likely N-dealkylation sites (tertiary alicyclic amines) is 1. The van der Waals surface area contributed by atoms with Gasteiger partial charge in [-0.25, -0.2) is 9.78 Å². The number of carbonyl (C=O) groups excluding carboxylic acids is 1. The standard InChI is InChI=1S/C23H28ClN3O4/c1-14(2)29-20-10-18-17(9-15(20)11-25)19(24)12-26-21(18)30-16-7-6-8-27(13-16)22(28)31-23(3,4)5/h9-10,12,14,16H,6-8,13H2,1-5H3/t16-/m1/s1. The van der Waals surface area contributed by atoms with Crippen LogP contribution in [-0.4, -0.2) is 46.9 Å². The quantitative estimate of drug-likeness (QED) is 0.632. The molecule has 3 rings (SSSR count). The lowest BCUT2D eigenvalue weighted by molar-refractivity contribution is 0.00743. The summed E-state index contributed by atoms with van der Waals surface area (Å²) in [6.45, 7) is 10.4. The molecule has 1 aromatic heterocycles. The fraction of sp³-hybridized carbons (Fsp3) is 0.522. The third-order valence-corrected chi connectivity index (χ3v) is 5.00. The number of rotatable bonds is 4. The monoisotopic (exact) mass is 445 g/mol. The van der Waals surface area contributed by atoms with Crippen LogP contribution in [0.5, 0.6) is 11.6 Å². The molecule has 8 heteroatoms. The first kappa shape index (κ1) is 23.0. The van der Waals surface area contributed by atoms with Crippen LogP contribution in [0.15, 0.2) is 18.3 Å². The van der Waals surface area contributed by atoms with Crippen LogP contribution in [0.3, 0.4) is 0 Å². The fourth-order valence-corrected chi connectivity index (χ4v) is 3.63. The first-order valence-electron chi connectivity index (χ1n) is 10.4. The number of nitriles is 1. The number of aromatic nitrogens is 1. The van der Waals surface area contributed by atoms with Crippen LogP contribution in [0, 0.1) is 11.3 Å². The topological polar surface area (TPSA) is 84.7 Å². The second kappa shape index (κ2) is 9.19. The Balaban J connectivity index is 1.88. The van der Waals surface area contributed by atoms with Gasteiger partial charge in [-0.3, -0.25) is 0 Å². The molecule has 0 N–H and O–H groups in total. The van der Waals surface area contributed by atoms with Gasteiger partial charge in [0.1, 0.15) is 23.5 Å². The summed E-state index contributed by atoms with van der Waals surface area (Å²) in [7, 11) is 0. The molecule has 166 valence electrons. The predicted molar refractivity (Wildman–Crippen MR) is 119 cm³/mol. The summed E-state index contributed by atoms with van der Waals surface area (Å²) >= 11 is 6.35. The Kier molecular flexibility index (Phi) is 6.80. The maximum atomic E-state index is 12.5. The van der Waals surface area contributed by atoms with E-state index in [1.54, 1.807) is 17.0 Å². The Hall–Kier alpha value is -2.72. The second-order valence-corrected chi connectivity index (χ2v) is 9.30. The smallest absolute Gasteiger partial charge is 0.410 e. The SMILES string of the molecule is CC(C)Oc1cc2c(O[C@@H]3CCCN(C(=O)OC(C)(C)C)C3)ncc(Cl)c2cc1C#N. The van der Waals surface area contributed by atoms with Crippen molar-refractivity contribution in [1.82, 2.24) is 9.88 Å². The Morgan fingerprint density at radius 1 is 1.32 bits per heavy atom. The molecule has 1 aliphatic heterocycles. The van der Waals surface area contributed by atoms with Crippen LogP contribution in [-0.2, 0) is 4.74 Å². The number of carbonyl (C=O) groups is 1. The van der Waals surface area contributed by atoms with E-state index in [4.69, 9.17) is 25.8 Å². The van der Waals surface area contributed by atoms with E-state index in [2.05, 4.69) is 11.1 Å². The molecule has 0 spiro atoms. The van der Waals surface area contributed by atoms with Crippen molar-refractivity contribution < 1.29 is 19.0 Å². The van der Waals surface area contributed by atoms with Gasteiger partial charge in [0.05, 0.1) is 29.4 Å². The summed E-state index contributed by atoms with van der Waals surface area (Å²) in [5, 5.41) is 11.3. The van der Waals surface area contributed by atoms with Crippen molar-refractivity contribution in [2.45, 2.75) is 65.3 Å². The number of amides is 1. The summed E-state index contributed by atoms with van der Waals surface area (Å²) in [6.07, 6.45) is 2.43. The molecular weight excluding hydrogens is 418 g/mol. The van der Waals surface area contributed by atoms with Gasteiger partial charge in [0, 0.05) is 17.3 Å². The van der Waals surface area contributed by atoms with Crippen molar-refractivity contribution in [2.75, 3.05) is 13.1 Å². The van der Waals surface area contributed by atoms with E-state index in [1.807, 2.05) is 34.6 Å². The molecule has 0 aliphatic carbocycles. The van der Waals surface area contributed by atoms with Gasteiger partial charge in [0.15, 0.2) is 0 Å². The summed E-state index contributed by atoms with van der Waals surface area (Å²) in [4.78, 5) is 18.5. The molecule has 2 aromatic rings. The van der Waals surface area contributed by atoms with E-state index in [0.717, 1.165) is 12.8 Å². The molecule has 0 radical (unpaired) electrons. The van der Waals surface area contributed by atoms with Gasteiger partial charge < -0.3 is 19.1 Å². The normalized spacial score (nSPS) is 16.8. The van der Waals surface area contributed by atoms with Gasteiger partial charge in [0.2, 0.25) is 5.88 Å². The van der Waals surface area contributed by atoms with E-state index < -0.39 is 5.60 Å². The molecule has 0 saturated carbocycles. The van der Waals surface area contributed by atoms with Crippen LogP contribution < -0.4 is 9.47 Å². The van der Waals surface area contributed by atoms with Crippen molar-refractivity contribution in [3.8, 4) is 17.7 Å². The minimum absolute atomic E-state index is 0.0956. The number of pyridine rings is 1.